The summed E-state index contributed by atoms with van der Waals surface area (Å²) in [4.78, 5) is 21.9. The van der Waals surface area contributed by atoms with Gasteiger partial charge in [0, 0.05) is 35.1 Å². The molecule has 2 aliphatic heterocycles. The highest BCUT2D eigenvalue weighted by molar-refractivity contribution is 5.90. The van der Waals surface area contributed by atoms with Crippen molar-refractivity contribution < 1.29 is 4.79 Å². The van der Waals surface area contributed by atoms with E-state index in [4.69, 9.17) is 11.5 Å². The maximum atomic E-state index is 12.0. The number of aliphatic imine (C=N–C) groups is 1. The van der Waals surface area contributed by atoms with Crippen LogP contribution in [-0.2, 0) is 6.42 Å². The minimum Gasteiger partial charge on any atom is -0.370 e. The van der Waals surface area contributed by atoms with E-state index in [0.717, 1.165) is 38.8 Å². The lowest BCUT2D eigenvalue weighted by Crippen LogP contribution is -2.53. The van der Waals surface area contributed by atoms with Gasteiger partial charge in [-0.1, -0.05) is 25.1 Å². The number of hydrogen-bond donors (Lipinski definition) is 4. The molecule has 0 bridgehead atoms. The molecule has 144 valence electrons. The molecule has 6 N–H and O–H groups in total. The summed E-state index contributed by atoms with van der Waals surface area (Å²) in [5.41, 5.74) is 14.6. The fourth-order valence-electron chi connectivity index (χ4n) is 5.08. The number of fused-ring (bicyclic) bond motifs is 5. The third-order valence-corrected chi connectivity index (χ3v) is 6.36. The van der Waals surface area contributed by atoms with Gasteiger partial charge in [-0.15, -0.1) is 0 Å². The van der Waals surface area contributed by atoms with E-state index in [0.29, 0.717) is 6.54 Å². The van der Waals surface area contributed by atoms with Crippen molar-refractivity contribution in [3.8, 4) is 0 Å². The molecule has 1 aromatic heterocycles. The fraction of sp³-hybridized carbons (Fsp3) is 0.500. The number of piperidine rings is 1. The average molecular weight is 368 g/mol. The van der Waals surface area contributed by atoms with Gasteiger partial charge < -0.3 is 21.8 Å². The third kappa shape index (κ3) is 3.06. The number of carbonyl (C=O) groups is 1. The van der Waals surface area contributed by atoms with Crippen molar-refractivity contribution in [1.29, 1.82) is 0 Å². The number of benzene rings is 1. The van der Waals surface area contributed by atoms with Crippen LogP contribution < -0.4 is 16.8 Å². The number of H-pyrrole nitrogens is 1. The molecule has 0 radical (unpaired) electrons. The summed E-state index contributed by atoms with van der Waals surface area (Å²) in [7, 11) is 0. The highest BCUT2D eigenvalue weighted by Crippen LogP contribution is 2.51. The highest BCUT2D eigenvalue weighted by atomic mass is 16.2. The first-order valence-electron chi connectivity index (χ1n) is 9.75. The fourth-order valence-corrected chi connectivity index (χ4v) is 5.08. The van der Waals surface area contributed by atoms with E-state index in [1.165, 1.54) is 22.2 Å². The quantitative estimate of drug-likeness (QED) is 0.491. The number of nitrogens with two attached hydrogens (primary N) is 2. The number of nitrogens with one attached hydrogen (secondary N) is 2. The number of rotatable bonds is 3. The first-order valence-corrected chi connectivity index (χ1v) is 9.75. The van der Waals surface area contributed by atoms with Crippen LogP contribution in [0.2, 0.25) is 0 Å². The Labute approximate surface area is 159 Å². The molecule has 2 aromatic rings. The summed E-state index contributed by atoms with van der Waals surface area (Å²) >= 11 is 0. The molecule has 1 saturated heterocycles. The molecule has 7 nitrogen and oxygen atoms in total. The molecule has 0 aliphatic carbocycles. The van der Waals surface area contributed by atoms with E-state index >= 15 is 0 Å². The SMILES string of the molecule is CCC1(CNC(=O)N=C(N)N)CCCN2CCc3c([nH]c4ccccc34)C21. The molecule has 2 unspecified atom stereocenters. The lowest BCUT2D eigenvalue weighted by atomic mass is 9.68. The van der Waals surface area contributed by atoms with Gasteiger partial charge >= 0.3 is 6.03 Å². The predicted molar refractivity (Wildman–Crippen MR) is 107 cm³/mol. The lowest BCUT2D eigenvalue weighted by Gasteiger charge is -2.52. The molecule has 2 aliphatic rings. The Morgan fingerprint density at radius 3 is 2.96 bits per heavy atom. The molecule has 7 heteroatoms. The molecule has 1 fully saturated rings. The smallest absolute Gasteiger partial charge is 0.344 e. The van der Waals surface area contributed by atoms with E-state index in [1.54, 1.807) is 0 Å². The van der Waals surface area contributed by atoms with Gasteiger partial charge in [0.25, 0.3) is 0 Å². The van der Waals surface area contributed by atoms with Crippen LogP contribution in [0.1, 0.15) is 43.5 Å². The molecule has 2 atom stereocenters. The van der Waals surface area contributed by atoms with Crippen LogP contribution in [0.3, 0.4) is 0 Å². The van der Waals surface area contributed by atoms with Crippen molar-refractivity contribution in [2.75, 3.05) is 19.6 Å². The summed E-state index contributed by atoms with van der Waals surface area (Å²) in [6.45, 7) is 4.94. The molecule has 27 heavy (non-hydrogen) atoms. The van der Waals surface area contributed by atoms with Gasteiger partial charge in [-0.25, -0.2) is 4.79 Å². The van der Waals surface area contributed by atoms with Crippen LogP contribution in [0, 0.1) is 5.41 Å². The molecule has 2 amide bonds. The first kappa shape index (κ1) is 17.9. The Balaban J connectivity index is 1.71. The minimum atomic E-state index is -0.465. The molecule has 0 spiro atoms. The van der Waals surface area contributed by atoms with E-state index in [1.807, 2.05) is 0 Å². The standard InChI is InChI=1S/C20H28N6O/c1-2-20(12-23-19(27)25-18(21)22)9-5-10-26-11-8-14-13-6-3-4-7-15(13)24-16(14)17(20)26/h3-4,6-7,17,24H,2,5,8-12H2,1H3,(H5,21,22,23,25,27). The first-order chi connectivity index (χ1) is 13.0. The molecular formula is C20H28N6O. The van der Waals surface area contributed by atoms with Gasteiger partial charge in [-0.3, -0.25) is 4.90 Å². The van der Waals surface area contributed by atoms with Crippen molar-refractivity contribution in [3.63, 3.8) is 0 Å². The van der Waals surface area contributed by atoms with Gasteiger partial charge in [0.15, 0.2) is 5.96 Å². The monoisotopic (exact) mass is 368 g/mol. The second-order valence-corrected chi connectivity index (χ2v) is 7.77. The maximum absolute atomic E-state index is 12.0. The van der Waals surface area contributed by atoms with Crippen molar-refractivity contribution in [2.24, 2.45) is 21.9 Å². The number of aromatic amines is 1. The van der Waals surface area contributed by atoms with Gasteiger partial charge in [0.2, 0.25) is 0 Å². The third-order valence-electron chi connectivity index (χ3n) is 6.36. The summed E-state index contributed by atoms with van der Waals surface area (Å²) < 4.78 is 0. The summed E-state index contributed by atoms with van der Waals surface area (Å²) in [6.07, 6.45) is 4.25. The van der Waals surface area contributed by atoms with Crippen LogP contribution in [0.4, 0.5) is 4.79 Å². The molecule has 4 rings (SSSR count). The van der Waals surface area contributed by atoms with Crippen LogP contribution in [0.25, 0.3) is 10.9 Å². The number of nitrogens with zero attached hydrogens (tertiary/aromatic N) is 2. The topological polar surface area (TPSA) is 113 Å². The van der Waals surface area contributed by atoms with Gasteiger partial charge in [-0.2, -0.15) is 4.99 Å². The second-order valence-electron chi connectivity index (χ2n) is 7.77. The number of amides is 2. The zero-order chi connectivity index (χ0) is 19.0. The normalized spacial score (nSPS) is 24.9. The zero-order valence-corrected chi connectivity index (χ0v) is 15.8. The molecule has 1 aromatic carbocycles. The molecule has 3 heterocycles. The summed E-state index contributed by atoms with van der Waals surface area (Å²) in [5.74, 6) is -0.209. The summed E-state index contributed by atoms with van der Waals surface area (Å²) in [6, 6.07) is 8.34. The van der Waals surface area contributed by atoms with Crippen molar-refractivity contribution in [2.45, 2.75) is 38.6 Å². The largest absolute Gasteiger partial charge is 0.370 e. The van der Waals surface area contributed by atoms with E-state index < -0.39 is 6.03 Å². The zero-order valence-electron chi connectivity index (χ0n) is 15.8. The van der Waals surface area contributed by atoms with E-state index in [2.05, 4.69) is 51.4 Å². The number of para-hydroxylation sites is 1. The van der Waals surface area contributed by atoms with Gasteiger partial charge in [0.1, 0.15) is 0 Å². The van der Waals surface area contributed by atoms with Crippen molar-refractivity contribution in [3.05, 3.63) is 35.5 Å². The lowest BCUT2D eigenvalue weighted by molar-refractivity contribution is 0.00111. The van der Waals surface area contributed by atoms with E-state index in [9.17, 15) is 4.79 Å². The number of carbonyl (C=O) groups excluding carboxylic acids is 1. The Morgan fingerprint density at radius 1 is 1.37 bits per heavy atom. The number of urea groups is 1. The van der Waals surface area contributed by atoms with E-state index in [-0.39, 0.29) is 17.4 Å². The van der Waals surface area contributed by atoms with Crippen LogP contribution in [0.5, 0.6) is 0 Å². The second kappa shape index (κ2) is 6.88. The average Bonchev–Trinajstić information content (AvgIpc) is 3.04. The Hall–Kier alpha value is -2.54. The van der Waals surface area contributed by atoms with Gasteiger partial charge in [0.05, 0.1) is 6.04 Å². The summed E-state index contributed by atoms with van der Waals surface area (Å²) in [5, 5.41) is 4.27. The number of aromatic nitrogens is 1. The van der Waals surface area contributed by atoms with Crippen LogP contribution >= 0.6 is 0 Å². The predicted octanol–water partition coefficient (Wildman–Crippen LogP) is 2.24. The van der Waals surface area contributed by atoms with Crippen molar-refractivity contribution in [1.82, 2.24) is 15.2 Å². The molecular weight excluding hydrogens is 340 g/mol. The minimum absolute atomic E-state index is 0.0389. The number of hydrogen-bond acceptors (Lipinski definition) is 2. The number of guanidine groups is 1. The Kier molecular flexibility index (Phi) is 4.55. The Bertz CT molecular complexity index is 884. The van der Waals surface area contributed by atoms with Crippen LogP contribution in [-0.4, -0.2) is 41.5 Å². The van der Waals surface area contributed by atoms with Crippen molar-refractivity contribution >= 4 is 22.9 Å². The van der Waals surface area contributed by atoms with Gasteiger partial charge in [-0.05, 0) is 43.9 Å². The molecule has 0 saturated carbocycles. The Morgan fingerprint density at radius 2 is 2.19 bits per heavy atom. The maximum Gasteiger partial charge on any atom is 0.344 e. The highest BCUT2D eigenvalue weighted by Gasteiger charge is 2.47. The van der Waals surface area contributed by atoms with Crippen LogP contribution in [0.15, 0.2) is 29.3 Å².